The average Bonchev–Trinajstić information content (AvgIpc) is 1.85. The molecule has 0 radical (unpaired) electrons. The standard InChI is InChI=1S/CH3F3N3OP3/c1-8-11(4)6-9-5-10(2,3)7-11/h1H3. The van der Waals surface area contributed by atoms with Crippen molar-refractivity contribution >= 4 is 24.1 Å². The molecule has 0 saturated heterocycles. The highest BCUT2D eigenvalue weighted by Crippen LogP contribution is 2.72. The molecule has 1 aliphatic heterocycles. The van der Waals surface area contributed by atoms with E-state index in [9.17, 15) is 12.6 Å². The van der Waals surface area contributed by atoms with Crippen molar-refractivity contribution in [2.24, 2.45) is 13.5 Å². The van der Waals surface area contributed by atoms with Crippen molar-refractivity contribution in [1.29, 1.82) is 0 Å². The lowest BCUT2D eigenvalue weighted by atomic mass is 11.8. The molecular formula is CH3F3N3OP3. The first-order chi connectivity index (χ1) is 4.97. The summed E-state index contributed by atoms with van der Waals surface area (Å²) < 4.78 is 49.9. The zero-order valence-corrected chi connectivity index (χ0v) is 7.91. The second kappa shape index (κ2) is 2.98. The van der Waals surface area contributed by atoms with E-state index in [1.54, 1.807) is 0 Å². The predicted octanol–water partition coefficient (Wildman–Crippen LogP) is 4.49. The van der Waals surface area contributed by atoms with E-state index in [1.165, 1.54) is 0 Å². The normalized spacial score (nSPS) is 35.6. The van der Waals surface area contributed by atoms with E-state index in [4.69, 9.17) is 0 Å². The van der Waals surface area contributed by atoms with Crippen LogP contribution in [0.2, 0.25) is 0 Å². The Morgan fingerprint density at radius 3 is 2.36 bits per heavy atom. The molecule has 11 heavy (non-hydrogen) atoms. The van der Waals surface area contributed by atoms with E-state index in [2.05, 4.69) is 18.1 Å². The van der Waals surface area contributed by atoms with E-state index in [1.807, 2.05) is 0 Å². The molecule has 1 unspecified atom stereocenters. The summed E-state index contributed by atoms with van der Waals surface area (Å²) >= 11 is 0. The van der Waals surface area contributed by atoms with Crippen LogP contribution in [0.5, 0.6) is 0 Å². The summed E-state index contributed by atoms with van der Waals surface area (Å²) in [5.41, 5.74) is 0. The Balaban J connectivity index is 3.16. The first-order valence-corrected chi connectivity index (χ1v) is 6.08. The largest absolute Gasteiger partial charge is 0.426 e. The molecule has 1 rings (SSSR count). The van der Waals surface area contributed by atoms with E-state index in [0.29, 0.717) is 0 Å². The van der Waals surface area contributed by atoms with Crippen LogP contribution >= 0.6 is 24.1 Å². The van der Waals surface area contributed by atoms with Crippen LogP contribution in [0.3, 0.4) is 0 Å². The second-order valence-corrected chi connectivity index (χ2v) is 6.02. The highest BCUT2D eigenvalue weighted by molar-refractivity contribution is 7.72. The first-order valence-electron chi connectivity index (χ1n) is 2.30. The van der Waals surface area contributed by atoms with Crippen LogP contribution in [0.25, 0.3) is 0 Å². The van der Waals surface area contributed by atoms with Crippen LogP contribution in [-0.4, -0.2) is 7.11 Å². The van der Waals surface area contributed by atoms with Crippen molar-refractivity contribution in [3.05, 3.63) is 0 Å². The van der Waals surface area contributed by atoms with Crippen molar-refractivity contribution < 1.29 is 17.1 Å². The van der Waals surface area contributed by atoms with E-state index in [-0.39, 0.29) is 8.52 Å². The lowest BCUT2D eigenvalue weighted by Gasteiger charge is -2.08. The Bertz CT molecular complexity index is 292. The number of hydrogen-bond donors (Lipinski definition) is 0. The fourth-order valence-electron chi connectivity index (χ4n) is 0.357. The summed E-state index contributed by atoms with van der Waals surface area (Å²) in [6.07, 6.45) is 0. The van der Waals surface area contributed by atoms with Gasteiger partial charge in [0, 0.05) is 7.11 Å². The Hall–Kier alpha value is 0.310. The van der Waals surface area contributed by atoms with Gasteiger partial charge in [-0.3, -0.25) is 0 Å². The molecule has 0 saturated carbocycles. The van der Waals surface area contributed by atoms with Gasteiger partial charge in [0.1, 0.15) is 0 Å². The minimum atomic E-state index is -4.78. The van der Waals surface area contributed by atoms with Gasteiger partial charge in [-0.05, 0) is 0 Å². The molecular weight excluding hydrogens is 220 g/mol. The summed E-state index contributed by atoms with van der Waals surface area (Å²) in [6.45, 7) is 0. The lowest BCUT2D eigenvalue weighted by molar-refractivity contribution is 0.421. The van der Waals surface area contributed by atoms with Crippen molar-refractivity contribution in [2.75, 3.05) is 7.11 Å². The van der Waals surface area contributed by atoms with Gasteiger partial charge in [-0.1, -0.05) is 0 Å². The van der Waals surface area contributed by atoms with Crippen LogP contribution < -0.4 is 0 Å². The van der Waals surface area contributed by atoms with E-state index < -0.39 is 15.6 Å². The van der Waals surface area contributed by atoms with Gasteiger partial charge in [-0.25, -0.2) is 0 Å². The van der Waals surface area contributed by atoms with Crippen LogP contribution in [0.15, 0.2) is 13.5 Å². The monoisotopic (exact) mass is 223 g/mol. The molecule has 0 aromatic carbocycles. The molecule has 0 N–H and O–H groups in total. The zero-order valence-electron chi connectivity index (χ0n) is 5.23. The maximum Gasteiger partial charge on any atom is 0.426 e. The number of halogens is 3. The summed E-state index contributed by atoms with van der Waals surface area (Å²) in [5.74, 6) is 0. The average molecular weight is 223 g/mol. The maximum atomic E-state index is 12.8. The van der Waals surface area contributed by atoms with Crippen molar-refractivity contribution in [1.82, 2.24) is 0 Å². The van der Waals surface area contributed by atoms with Crippen molar-refractivity contribution in [2.45, 2.75) is 0 Å². The smallest absolute Gasteiger partial charge is 0.306 e. The van der Waals surface area contributed by atoms with Crippen LogP contribution in [0.1, 0.15) is 0 Å². The third-order valence-electron chi connectivity index (χ3n) is 0.748. The van der Waals surface area contributed by atoms with Gasteiger partial charge in [-0.15, -0.1) is 21.9 Å². The van der Waals surface area contributed by atoms with Crippen LogP contribution in [0, 0.1) is 0 Å². The highest BCUT2D eigenvalue weighted by atomic mass is 31.3. The molecule has 0 bridgehead atoms. The summed E-state index contributed by atoms with van der Waals surface area (Å²) in [4.78, 5) is 0. The molecule has 1 aliphatic rings. The van der Waals surface area contributed by atoms with Crippen LogP contribution in [0.4, 0.5) is 12.6 Å². The fourth-order valence-corrected chi connectivity index (χ4v) is 4.18. The van der Waals surface area contributed by atoms with Crippen molar-refractivity contribution in [3.8, 4) is 0 Å². The van der Waals surface area contributed by atoms with Gasteiger partial charge in [0.05, 0.1) is 0 Å². The predicted molar refractivity (Wildman–Crippen MR) is 38.4 cm³/mol. The first kappa shape index (κ1) is 9.40. The van der Waals surface area contributed by atoms with Gasteiger partial charge < -0.3 is 4.52 Å². The molecule has 1 atom stereocenters. The Labute approximate surface area is 62.8 Å². The molecule has 0 aromatic rings. The maximum absolute atomic E-state index is 12.8. The summed E-state index contributed by atoms with van der Waals surface area (Å²) in [6, 6.07) is 0. The quantitative estimate of drug-likeness (QED) is 0.603. The number of nitrogens with zero attached hydrogens (tertiary/aromatic N) is 3. The molecule has 64 valence electrons. The molecule has 1 heterocycles. The van der Waals surface area contributed by atoms with Gasteiger partial charge in [0.15, 0.2) is 8.52 Å². The SMILES string of the molecule is COP1(F)=NP=NP(F)(F)=N1. The Morgan fingerprint density at radius 1 is 1.36 bits per heavy atom. The molecule has 4 nitrogen and oxygen atoms in total. The fraction of sp³-hybridized carbons (Fsp3) is 1.00. The van der Waals surface area contributed by atoms with Gasteiger partial charge in [0.2, 0.25) is 0 Å². The van der Waals surface area contributed by atoms with Crippen LogP contribution in [-0.2, 0) is 4.52 Å². The van der Waals surface area contributed by atoms with Crippen molar-refractivity contribution in [3.63, 3.8) is 0 Å². The Kier molecular flexibility index (Phi) is 2.55. The molecule has 0 amide bonds. The van der Waals surface area contributed by atoms with E-state index in [0.717, 1.165) is 7.11 Å². The minimum Gasteiger partial charge on any atom is -0.306 e. The zero-order chi connectivity index (χ0) is 8.54. The minimum absolute atomic E-state index is 0.323. The molecule has 0 fully saturated rings. The molecule has 10 heteroatoms. The molecule has 0 aliphatic carbocycles. The summed E-state index contributed by atoms with van der Waals surface area (Å²) in [5, 5.41) is 0. The Morgan fingerprint density at radius 2 is 2.00 bits per heavy atom. The lowest BCUT2D eigenvalue weighted by Crippen LogP contribution is -1.72. The molecule has 0 spiro atoms. The third-order valence-corrected chi connectivity index (χ3v) is 5.34. The number of rotatable bonds is 1. The number of hydrogen-bond acceptors (Lipinski definition) is 4. The summed E-state index contributed by atoms with van der Waals surface area (Å²) in [7, 11) is -8.17. The van der Waals surface area contributed by atoms with Gasteiger partial charge in [0.25, 0.3) is 0 Å². The molecule has 0 aromatic heterocycles. The third kappa shape index (κ3) is 2.38. The highest BCUT2D eigenvalue weighted by Gasteiger charge is 2.29. The van der Waals surface area contributed by atoms with E-state index >= 15 is 0 Å². The van der Waals surface area contributed by atoms with Gasteiger partial charge >= 0.3 is 15.6 Å². The second-order valence-electron chi connectivity index (χ2n) is 1.47. The topological polar surface area (TPSA) is 46.3 Å². The van der Waals surface area contributed by atoms with Gasteiger partial charge in [-0.2, -0.15) is 4.20 Å².